The zero-order valence-corrected chi connectivity index (χ0v) is 18.6. The Morgan fingerprint density at radius 3 is 1.03 bits per heavy atom. The minimum Gasteiger partial charge on any atom is -0.212 e. The van der Waals surface area contributed by atoms with Gasteiger partial charge in [-0.1, -0.05) is 20.3 Å². The second-order valence-corrected chi connectivity index (χ2v) is 13.8. The van der Waals surface area contributed by atoms with E-state index in [1.807, 2.05) is 0 Å². The third kappa shape index (κ3) is 7.46. The monoisotopic (exact) mass is 536 g/mol. The fraction of sp³-hybridized carbons (Fsp3) is 1.00. The lowest BCUT2D eigenvalue weighted by molar-refractivity contribution is -0.0531. The molecule has 0 spiro atoms. The third-order valence-corrected chi connectivity index (χ3v) is 10.5. The maximum absolute atomic E-state index is 12.6. The van der Waals surface area contributed by atoms with Crippen molar-refractivity contribution in [3.63, 3.8) is 0 Å². The molecule has 0 aromatic carbocycles. The van der Waals surface area contributed by atoms with E-state index in [1.54, 1.807) is 0 Å². The van der Waals surface area contributed by atoms with E-state index in [0.29, 0.717) is 12.5 Å². The summed E-state index contributed by atoms with van der Waals surface area (Å²) in [5.41, 5.74) is -12.6. The number of halogens is 6. The van der Waals surface area contributed by atoms with Crippen LogP contribution in [-0.2, 0) is 40.1 Å². The number of sulfonamides is 4. The van der Waals surface area contributed by atoms with E-state index in [9.17, 15) is 60.0 Å². The molecule has 0 radical (unpaired) electrons. The predicted molar refractivity (Wildman–Crippen MR) is 91.5 cm³/mol. The number of alkyl halides is 6. The Bertz CT molecular complexity index is 939. The molecule has 0 fully saturated rings. The van der Waals surface area contributed by atoms with Crippen LogP contribution in [0.1, 0.15) is 25.7 Å². The highest BCUT2D eigenvalue weighted by atomic mass is 32.3. The number of rotatable bonds is 11. The summed E-state index contributed by atoms with van der Waals surface area (Å²) < 4.78 is 164. The standard InChI is InChI=1S/C10H18F6N2O8S4/c1-27(19,20)17(28(2,21)22)7-5-3-4-6-8-18(29(23,24)9(11,12)13)30(25,26)10(14,15)16/h3-8H2,1-2H3. The maximum atomic E-state index is 12.6. The van der Waals surface area contributed by atoms with Gasteiger partial charge in [-0.05, 0) is 12.8 Å². The largest absolute Gasteiger partial charge is 0.512 e. The van der Waals surface area contributed by atoms with Crippen molar-refractivity contribution >= 4 is 40.1 Å². The van der Waals surface area contributed by atoms with Gasteiger partial charge in [0, 0.05) is 13.1 Å². The van der Waals surface area contributed by atoms with Crippen LogP contribution in [0, 0.1) is 0 Å². The summed E-state index contributed by atoms with van der Waals surface area (Å²) in [5, 5.41) is 0. The molecule has 0 aromatic heterocycles. The van der Waals surface area contributed by atoms with Crippen molar-refractivity contribution in [3.8, 4) is 0 Å². The Kier molecular flexibility index (Phi) is 9.21. The highest BCUT2D eigenvalue weighted by Gasteiger charge is 2.61. The van der Waals surface area contributed by atoms with Crippen LogP contribution >= 0.6 is 0 Å². The Morgan fingerprint density at radius 1 is 0.533 bits per heavy atom. The number of hydrogen-bond acceptors (Lipinski definition) is 8. The van der Waals surface area contributed by atoms with E-state index < -0.39 is 74.3 Å². The zero-order valence-electron chi connectivity index (χ0n) is 15.3. The van der Waals surface area contributed by atoms with Crippen molar-refractivity contribution in [2.45, 2.75) is 36.7 Å². The molecule has 0 aliphatic heterocycles. The van der Waals surface area contributed by atoms with E-state index in [4.69, 9.17) is 0 Å². The Hall–Kier alpha value is -0.700. The molecule has 0 aliphatic rings. The molecular weight excluding hydrogens is 518 g/mol. The number of hydrogen-bond donors (Lipinski definition) is 0. The first-order chi connectivity index (χ1) is 13.0. The quantitative estimate of drug-likeness (QED) is 0.278. The zero-order chi connectivity index (χ0) is 24.4. The van der Waals surface area contributed by atoms with Crippen molar-refractivity contribution in [2.24, 2.45) is 0 Å². The molecule has 0 aromatic rings. The van der Waals surface area contributed by atoms with Gasteiger partial charge in [0.05, 0.1) is 12.5 Å². The van der Waals surface area contributed by atoms with Gasteiger partial charge in [0.25, 0.3) is 0 Å². The van der Waals surface area contributed by atoms with Crippen LogP contribution in [0.25, 0.3) is 0 Å². The summed E-state index contributed by atoms with van der Waals surface area (Å²) in [5.74, 6) is 0. The Balaban J connectivity index is 5.24. The summed E-state index contributed by atoms with van der Waals surface area (Å²) in [7, 11) is -22.1. The minimum absolute atomic E-state index is 0.120. The highest BCUT2D eigenvalue weighted by Crippen LogP contribution is 2.35. The van der Waals surface area contributed by atoms with Gasteiger partial charge in [0.15, 0.2) is 0 Å². The first-order valence-corrected chi connectivity index (χ1v) is 14.1. The maximum Gasteiger partial charge on any atom is 0.512 e. The van der Waals surface area contributed by atoms with Crippen LogP contribution in [0.5, 0.6) is 0 Å². The fourth-order valence-electron chi connectivity index (χ4n) is 2.01. The molecule has 0 unspecified atom stereocenters. The van der Waals surface area contributed by atoms with Gasteiger partial charge >= 0.3 is 31.1 Å². The SMILES string of the molecule is CS(=O)(=O)N(CCCCCCN(S(=O)(=O)C(F)(F)F)S(=O)(=O)C(F)(F)F)S(C)(=O)=O. The van der Waals surface area contributed by atoms with E-state index in [-0.39, 0.29) is 23.0 Å². The molecule has 0 atom stereocenters. The Morgan fingerprint density at radius 2 is 0.800 bits per heavy atom. The molecule has 0 N–H and O–H groups in total. The summed E-state index contributed by atoms with van der Waals surface area (Å²) in [6.45, 7) is -2.26. The number of nitrogens with zero attached hydrogens (tertiary/aromatic N) is 2. The topological polar surface area (TPSA) is 143 Å². The van der Waals surface area contributed by atoms with Crippen LogP contribution in [0.15, 0.2) is 0 Å². The highest BCUT2D eigenvalue weighted by molar-refractivity contribution is 8.04. The first kappa shape index (κ1) is 29.3. The molecule has 10 nitrogen and oxygen atoms in total. The minimum atomic E-state index is -6.87. The van der Waals surface area contributed by atoms with Gasteiger partial charge in [-0.2, -0.15) is 26.3 Å². The fourth-order valence-corrected chi connectivity index (χ4v) is 7.64. The molecule has 0 rings (SSSR count). The lowest BCUT2D eigenvalue weighted by Crippen LogP contribution is -2.49. The molecule has 0 saturated carbocycles. The molecule has 20 heteroatoms. The summed E-state index contributed by atoms with van der Waals surface area (Å²) in [6.07, 6.45) is -0.293. The second kappa shape index (κ2) is 9.43. The van der Waals surface area contributed by atoms with Crippen LogP contribution < -0.4 is 0 Å². The van der Waals surface area contributed by atoms with Crippen molar-refractivity contribution < 1.29 is 60.0 Å². The normalized spacial score (nSPS) is 15.1. The van der Waals surface area contributed by atoms with Crippen molar-refractivity contribution in [1.82, 2.24) is 7.42 Å². The smallest absolute Gasteiger partial charge is 0.212 e. The van der Waals surface area contributed by atoms with Gasteiger partial charge in [-0.3, -0.25) is 0 Å². The molecule has 0 bridgehead atoms. The third-order valence-electron chi connectivity index (χ3n) is 3.29. The molecule has 0 amide bonds. The Labute approximate surface area is 170 Å². The van der Waals surface area contributed by atoms with E-state index in [1.165, 1.54) is 0 Å². The second-order valence-electron chi connectivity index (χ2n) is 5.83. The summed E-state index contributed by atoms with van der Waals surface area (Å²) in [4.78, 5) is 0. The number of unbranched alkanes of at least 4 members (excludes halogenated alkanes) is 3. The summed E-state index contributed by atoms with van der Waals surface area (Å²) in [6, 6.07) is 0. The van der Waals surface area contributed by atoms with Gasteiger partial charge in [0.1, 0.15) is 0 Å². The summed E-state index contributed by atoms with van der Waals surface area (Å²) >= 11 is 0. The van der Waals surface area contributed by atoms with Crippen molar-refractivity contribution in [1.29, 1.82) is 0 Å². The van der Waals surface area contributed by atoms with E-state index in [0.717, 1.165) is 0 Å². The van der Waals surface area contributed by atoms with Gasteiger partial charge in [0.2, 0.25) is 20.0 Å². The molecular formula is C10H18F6N2O8S4. The van der Waals surface area contributed by atoms with Crippen LogP contribution in [0.2, 0.25) is 0 Å². The average molecular weight is 537 g/mol. The van der Waals surface area contributed by atoms with E-state index in [2.05, 4.69) is 0 Å². The van der Waals surface area contributed by atoms with Crippen LogP contribution in [-0.4, -0.2) is 77.7 Å². The molecule has 0 aliphatic carbocycles. The molecule has 0 saturated heterocycles. The lowest BCUT2D eigenvalue weighted by Gasteiger charge is -2.23. The van der Waals surface area contributed by atoms with Crippen molar-refractivity contribution in [3.05, 3.63) is 0 Å². The van der Waals surface area contributed by atoms with Gasteiger partial charge < -0.3 is 0 Å². The van der Waals surface area contributed by atoms with Crippen molar-refractivity contribution in [2.75, 3.05) is 25.6 Å². The first-order valence-electron chi connectivity index (χ1n) is 7.55. The van der Waals surface area contributed by atoms with E-state index >= 15 is 0 Å². The van der Waals surface area contributed by atoms with Crippen LogP contribution in [0.3, 0.4) is 0 Å². The molecule has 30 heavy (non-hydrogen) atoms. The average Bonchev–Trinajstić information content (AvgIpc) is 2.44. The van der Waals surface area contributed by atoms with Gasteiger partial charge in [-0.15, -0.1) is 0 Å². The predicted octanol–water partition coefficient (Wildman–Crippen LogP) is 0.769. The molecule has 0 heterocycles. The van der Waals surface area contributed by atoms with Gasteiger partial charge in [-0.25, -0.2) is 33.7 Å². The molecule has 182 valence electrons. The van der Waals surface area contributed by atoms with Crippen LogP contribution in [0.4, 0.5) is 26.3 Å². The lowest BCUT2D eigenvalue weighted by atomic mass is 10.2.